The summed E-state index contributed by atoms with van der Waals surface area (Å²) in [4.78, 5) is 23.0. The number of nitrogens with zero attached hydrogens (tertiary/aromatic N) is 6. The largest absolute Gasteiger partial charge is 0.456 e. The van der Waals surface area contributed by atoms with E-state index < -0.39 is 0 Å². The summed E-state index contributed by atoms with van der Waals surface area (Å²) in [7, 11) is 0. The molecule has 6 aromatic heterocycles. The third kappa shape index (κ3) is 7.41. The number of ether oxygens (including phenoxy) is 2. The topological polar surface area (TPSA) is 79.9 Å². The molecule has 4 aliphatic heterocycles. The summed E-state index contributed by atoms with van der Waals surface area (Å²) in [5.74, 6) is 4.40. The van der Waals surface area contributed by atoms with Crippen LogP contribution in [0.5, 0.6) is 23.0 Å². The van der Waals surface area contributed by atoms with Crippen LogP contribution in [-0.4, -0.2) is 42.5 Å². The van der Waals surface area contributed by atoms with Gasteiger partial charge in [-0.05, 0) is 147 Å². The maximum atomic E-state index is 7.97. The van der Waals surface area contributed by atoms with E-state index in [1.54, 1.807) is 0 Å². The van der Waals surface area contributed by atoms with Crippen LogP contribution in [0.25, 0.3) is 101 Å². The van der Waals surface area contributed by atoms with Crippen molar-refractivity contribution in [1.82, 2.24) is 29.1 Å². The van der Waals surface area contributed by atoms with Gasteiger partial charge in [-0.15, -0.1) is 0 Å². The molecule has 2 saturated carbocycles. The maximum Gasteiger partial charge on any atom is 0.256 e. The van der Waals surface area contributed by atoms with Crippen LogP contribution < -0.4 is 42.3 Å². The fourth-order valence-electron chi connectivity index (χ4n) is 16.4. The predicted octanol–water partition coefficient (Wildman–Crippen LogP) is 15.3. The first kappa shape index (κ1) is 50.6. The average molecular weight is 1140 g/mol. The summed E-state index contributed by atoms with van der Waals surface area (Å²) in [5, 5.41) is 0. The summed E-state index contributed by atoms with van der Waals surface area (Å²) in [6.45, 7) is 8.04. The third-order valence-electron chi connectivity index (χ3n) is 20.9. The quantitative estimate of drug-likeness (QED) is 0.154. The molecule has 8 nitrogen and oxygen atoms in total. The van der Waals surface area contributed by atoms with Crippen LogP contribution in [0.4, 0.5) is 0 Å². The molecule has 2 aliphatic carbocycles. The van der Waals surface area contributed by atoms with E-state index in [-0.39, 0.29) is 13.4 Å². The van der Waals surface area contributed by atoms with Gasteiger partial charge < -0.3 is 18.6 Å². The molecule has 2 fully saturated rings. The van der Waals surface area contributed by atoms with Crippen LogP contribution in [0.2, 0.25) is 0 Å². The van der Waals surface area contributed by atoms with Gasteiger partial charge in [0.25, 0.3) is 13.4 Å². The van der Waals surface area contributed by atoms with Gasteiger partial charge in [-0.3, -0.25) is 0 Å². The van der Waals surface area contributed by atoms with E-state index in [9.17, 15) is 0 Å². The van der Waals surface area contributed by atoms with E-state index in [1.165, 1.54) is 119 Å². The normalized spacial score (nSPS) is 15.5. The molecule has 88 heavy (non-hydrogen) atoms. The van der Waals surface area contributed by atoms with Crippen LogP contribution in [0, 0.1) is 27.7 Å². The summed E-state index contributed by atoms with van der Waals surface area (Å²) in [6, 6.07) is 63.3. The van der Waals surface area contributed by atoms with Crippen LogP contribution in [-0.2, 0) is 0 Å². The van der Waals surface area contributed by atoms with Gasteiger partial charge in [0.05, 0.1) is 56.2 Å². The Balaban J connectivity index is 0.979. The molecule has 0 amide bonds. The Labute approximate surface area is 512 Å². The molecule has 10 heteroatoms. The predicted molar refractivity (Wildman–Crippen MR) is 361 cm³/mol. The zero-order valence-electron chi connectivity index (χ0n) is 50.0. The average Bonchev–Trinajstić information content (AvgIpc) is 1.29. The van der Waals surface area contributed by atoms with Crippen molar-refractivity contribution in [2.24, 2.45) is 0 Å². The van der Waals surface area contributed by atoms with Crippen LogP contribution in [0.15, 0.2) is 170 Å². The Hall–Kier alpha value is -9.53. The minimum Gasteiger partial charge on any atom is -0.456 e. The second kappa shape index (κ2) is 19.0. The highest BCUT2D eigenvalue weighted by Gasteiger charge is 2.51. The van der Waals surface area contributed by atoms with Gasteiger partial charge >= 0.3 is 0 Å². The van der Waals surface area contributed by atoms with Crippen molar-refractivity contribution in [3.8, 4) is 79.4 Å². The monoisotopic (exact) mass is 1140 g/mol. The molecule has 7 aromatic carbocycles. The van der Waals surface area contributed by atoms with Crippen molar-refractivity contribution in [3.05, 3.63) is 203 Å². The Bertz CT molecular complexity index is 4830. The van der Waals surface area contributed by atoms with Crippen LogP contribution in [0.3, 0.4) is 0 Å². The second-order valence-electron chi connectivity index (χ2n) is 26.4. The molecular formula is C78H62B2N6O2. The highest BCUT2D eigenvalue weighted by molar-refractivity contribution is 7.02. The van der Waals surface area contributed by atoms with Gasteiger partial charge in [-0.25, -0.2) is 19.9 Å². The number of benzene rings is 7. The number of aryl methyl sites for hydroxylation is 4. The molecule has 0 spiro atoms. The van der Waals surface area contributed by atoms with Crippen LogP contribution in [0.1, 0.15) is 109 Å². The van der Waals surface area contributed by atoms with Crippen molar-refractivity contribution in [2.45, 2.75) is 104 Å². The molecule has 422 valence electrons. The summed E-state index contributed by atoms with van der Waals surface area (Å²) in [5.41, 5.74) is 31.9. The smallest absolute Gasteiger partial charge is 0.256 e. The lowest BCUT2D eigenvalue weighted by molar-refractivity contribution is 0.442. The summed E-state index contributed by atoms with van der Waals surface area (Å²) >= 11 is 0. The molecule has 0 atom stereocenters. The van der Waals surface area contributed by atoms with Gasteiger partial charge in [-0.1, -0.05) is 182 Å². The lowest BCUT2D eigenvalue weighted by Crippen LogP contribution is -2.63. The van der Waals surface area contributed by atoms with Crippen molar-refractivity contribution < 1.29 is 9.47 Å². The minimum atomic E-state index is -0.272. The molecule has 0 bridgehead atoms. The Morgan fingerprint density at radius 2 is 0.705 bits per heavy atom. The second-order valence-corrected chi connectivity index (χ2v) is 26.4. The molecule has 13 aromatic rings. The van der Waals surface area contributed by atoms with Crippen molar-refractivity contribution >= 4 is 90.3 Å². The Morgan fingerprint density at radius 3 is 1.08 bits per heavy atom. The molecule has 10 heterocycles. The molecule has 0 saturated heterocycles. The lowest BCUT2D eigenvalue weighted by atomic mass is 9.31. The number of hydrogen-bond acceptors (Lipinski definition) is 6. The SMILES string of the molecule is Cc1ccc(-c2ccc3c(n2)c2nc(-c4ccc(C)cc4)cc4c2n3-c2c3c5c(c6c2B4c2cc(C4CCCCC4)ccc2O6)-n2c4ccc(-c6ccc(C)cc6)nc4c4nc(-c6ccc(C)cc6)cc(c42)B5c2cc(C4CCCCC4)ccc2O3)cc1. The highest BCUT2D eigenvalue weighted by atomic mass is 16.5. The molecule has 0 N–H and O–H groups in total. The van der Waals surface area contributed by atoms with Gasteiger partial charge in [0.1, 0.15) is 45.1 Å². The molecular weight excluding hydrogens is 1070 g/mol. The molecule has 19 rings (SSSR count). The van der Waals surface area contributed by atoms with E-state index in [0.717, 1.165) is 134 Å². The number of hydrogen-bond donors (Lipinski definition) is 0. The highest BCUT2D eigenvalue weighted by Crippen LogP contribution is 2.50. The fourth-order valence-corrected chi connectivity index (χ4v) is 16.4. The number of rotatable bonds is 6. The van der Waals surface area contributed by atoms with Crippen molar-refractivity contribution in [2.75, 3.05) is 0 Å². The minimum absolute atomic E-state index is 0.272. The zero-order valence-corrected chi connectivity index (χ0v) is 50.0. The Kier molecular flexibility index (Phi) is 10.9. The number of aromatic nitrogens is 6. The van der Waals surface area contributed by atoms with E-state index >= 15 is 0 Å². The molecule has 0 unspecified atom stereocenters. The number of pyridine rings is 4. The van der Waals surface area contributed by atoms with Gasteiger partial charge in [0.2, 0.25) is 0 Å². The maximum absolute atomic E-state index is 7.97. The summed E-state index contributed by atoms with van der Waals surface area (Å²) in [6.07, 6.45) is 12.3. The van der Waals surface area contributed by atoms with Gasteiger partial charge in [0, 0.05) is 33.2 Å². The van der Waals surface area contributed by atoms with E-state index in [0.29, 0.717) is 11.8 Å². The Morgan fingerprint density at radius 1 is 0.352 bits per heavy atom. The van der Waals surface area contributed by atoms with E-state index in [2.05, 4.69) is 207 Å². The molecule has 6 aliphatic rings. The standard InChI is InChI=1S/C78H62B2N6O2/c1-43-15-23-49(24-16-43)59-33-35-63-69(81-59)71-73-57(41-61(83-71)51-27-19-45(3)20-28-51)79-55-39-53(47-11-7-5-8-12-47)31-37-65(55)88-78-67(79)75(85(63)73)77-68-76(78)86-64-36-34-60(50-25-17-44(2)18-26-50)82-70(64)72-74(86)58(42-62(84-72)52-29-21-46(4)22-30-52)80(68)56-40-54(32-38-66(56)87-77)48-13-9-6-10-14-48/h15-42,47-48H,5-14H2,1-4H3. The summed E-state index contributed by atoms with van der Waals surface area (Å²) < 4.78 is 20.9. The van der Waals surface area contributed by atoms with Crippen molar-refractivity contribution in [3.63, 3.8) is 0 Å². The van der Waals surface area contributed by atoms with E-state index in [1.807, 2.05) is 0 Å². The number of fused-ring (bicyclic) bond motifs is 16. The first-order chi connectivity index (χ1) is 43.2. The zero-order chi connectivity index (χ0) is 58.2. The van der Waals surface area contributed by atoms with E-state index in [4.69, 9.17) is 29.4 Å². The van der Waals surface area contributed by atoms with Crippen LogP contribution >= 0.6 is 0 Å². The fraction of sp³-hybridized carbons (Fsp3) is 0.205. The third-order valence-corrected chi connectivity index (χ3v) is 20.9. The first-order valence-corrected chi connectivity index (χ1v) is 32.1. The molecule has 0 radical (unpaired) electrons. The lowest BCUT2D eigenvalue weighted by Gasteiger charge is -2.41. The van der Waals surface area contributed by atoms with Crippen molar-refractivity contribution in [1.29, 1.82) is 0 Å². The first-order valence-electron chi connectivity index (χ1n) is 32.1. The van der Waals surface area contributed by atoms with Gasteiger partial charge in [-0.2, -0.15) is 0 Å². The van der Waals surface area contributed by atoms with Gasteiger partial charge in [0.15, 0.2) is 0 Å².